The molecule has 3 N–H and O–H groups in total. The lowest BCUT2D eigenvalue weighted by Crippen LogP contribution is -2.42. The van der Waals surface area contributed by atoms with E-state index in [1.165, 1.54) is 25.7 Å². The van der Waals surface area contributed by atoms with Crippen molar-refractivity contribution in [2.24, 2.45) is 5.41 Å². The number of rotatable bonds is 8. The van der Waals surface area contributed by atoms with Crippen molar-refractivity contribution in [2.45, 2.75) is 69.9 Å². The summed E-state index contributed by atoms with van der Waals surface area (Å²) in [5.74, 6) is -0.0966. The Balaban J connectivity index is 1.22. The number of hydrogen-bond acceptors (Lipinski definition) is 7. The van der Waals surface area contributed by atoms with Crippen molar-refractivity contribution in [3.63, 3.8) is 0 Å². The van der Waals surface area contributed by atoms with E-state index in [2.05, 4.69) is 31.6 Å². The molecule has 2 saturated heterocycles. The van der Waals surface area contributed by atoms with Crippen LogP contribution in [0.5, 0.6) is 0 Å². The van der Waals surface area contributed by atoms with Crippen molar-refractivity contribution in [1.29, 1.82) is 0 Å². The van der Waals surface area contributed by atoms with Crippen molar-refractivity contribution in [3.05, 3.63) is 35.5 Å². The molecule has 11 heteroatoms. The van der Waals surface area contributed by atoms with E-state index in [9.17, 15) is 13.2 Å². The summed E-state index contributed by atoms with van der Waals surface area (Å²) >= 11 is 0. The third-order valence-corrected chi connectivity index (χ3v) is 10.8. The number of benzene rings is 1. The Labute approximate surface area is 230 Å². The highest BCUT2D eigenvalue weighted by Gasteiger charge is 2.50. The Morgan fingerprint density at radius 3 is 2.51 bits per heavy atom. The van der Waals surface area contributed by atoms with Gasteiger partial charge in [-0.15, -0.1) is 0 Å². The molecule has 2 aliphatic carbocycles. The maximum absolute atomic E-state index is 13.6. The van der Waals surface area contributed by atoms with Crippen LogP contribution in [0.2, 0.25) is 0 Å². The first-order valence-corrected chi connectivity index (χ1v) is 15.9. The van der Waals surface area contributed by atoms with Crippen molar-refractivity contribution in [2.75, 3.05) is 54.0 Å². The number of aliphatic hydroxyl groups is 1. The zero-order chi connectivity index (χ0) is 27.4. The standard InChI is InChI=1S/C28H40N6O4S/c1-20-17-25(30-34(20)22-5-12-32(2)28(19-22)8-9-28)29-26(36)23-4-3-21(31-39(37,38)16-15-35)18-24(23)33-13-10-27(6-7-27)11-14-33/h3-4,17-18,22,31,35H,5-16,19H2,1-2H3,(H,29,30,36). The number of aromatic nitrogens is 2. The molecule has 1 aromatic carbocycles. The van der Waals surface area contributed by atoms with E-state index in [1.807, 2.05) is 13.0 Å². The fourth-order valence-electron chi connectivity index (χ4n) is 6.62. The minimum absolute atomic E-state index is 0.256. The minimum atomic E-state index is -3.68. The molecule has 1 atom stereocenters. The number of likely N-dealkylation sites (tertiary alicyclic amines) is 1. The molecule has 4 fully saturated rings. The Morgan fingerprint density at radius 2 is 1.85 bits per heavy atom. The maximum atomic E-state index is 13.6. The van der Waals surface area contributed by atoms with Gasteiger partial charge in [-0.2, -0.15) is 5.10 Å². The van der Waals surface area contributed by atoms with Gasteiger partial charge >= 0.3 is 0 Å². The second-order valence-corrected chi connectivity index (χ2v) is 14.1. The van der Waals surface area contributed by atoms with E-state index in [4.69, 9.17) is 10.2 Å². The fourth-order valence-corrected chi connectivity index (χ4v) is 7.44. The monoisotopic (exact) mass is 556 g/mol. The van der Waals surface area contributed by atoms with Crippen molar-refractivity contribution in [1.82, 2.24) is 14.7 Å². The number of amides is 1. The lowest BCUT2D eigenvalue weighted by molar-refractivity contribution is 0.102. The number of aliphatic hydroxyl groups excluding tert-OH is 1. The molecule has 2 saturated carbocycles. The summed E-state index contributed by atoms with van der Waals surface area (Å²) in [6.07, 6.45) is 9.33. The van der Waals surface area contributed by atoms with Crippen molar-refractivity contribution >= 4 is 33.1 Å². The van der Waals surface area contributed by atoms with Gasteiger partial charge in [-0.25, -0.2) is 8.42 Å². The highest BCUT2D eigenvalue weighted by Crippen LogP contribution is 2.54. The van der Waals surface area contributed by atoms with Crippen LogP contribution in [0.25, 0.3) is 0 Å². The van der Waals surface area contributed by atoms with E-state index >= 15 is 0 Å². The van der Waals surface area contributed by atoms with Gasteiger partial charge in [0.15, 0.2) is 5.82 Å². The third kappa shape index (κ3) is 5.40. The SMILES string of the molecule is Cc1cc(NC(=O)c2ccc(NS(=O)(=O)CCO)cc2N2CCC3(CC2)CC3)nn1C1CCN(C)C2(CC2)C1. The first-order valence-electron chi connectivity index (χ1n) is 14.2. The van der Waals surface area contributed by atoms with E-state index < -0.39 is 16.6 Å². The number of nitrogens with zero attached hydrogens (tertiary/aromatic N) is 4. The smallest absolute Gasteiger partial charge is 0.258 e. The van der Waals surface area contributed by atoms with Crippen LogP contribution in [0.4, 0.5) is 17.2 Å². The lowest BCUT2D eigenvalue weighted by Gasteiger charge is -2.38. The number of carbonyl (C=O) groups is 1. The zero-order valence-corrected chi connectivity index (χ0v) is 23.8. The molecule has 212 valence electrons. The number of sulfonamides is 1. The second kappa shape index (κ2) is 9.78. The van der Waals surface area contributed by atoms with E-state index in [1.54, 1.807) is 18.2 Å². The summed E-state index contributed by atoms with van der Waals surface area (Å²) in [5, 5.41) is 16.9. The van der Waals surface area contributed by atoms with Gasteiger partial charge in [0.1, 0.15) is 0 Å². The molecule has 2 aliphatic heterocycles. The summed E-state index contributed by atoms with van der Waals surface area (Å²) in [6.45, 7) is 4.31. The first-order chi connectivity index (χ1) is 18.6. The Bertz CT molecular complexity index is 1350. The van der Waals surface area contributed by atoms with Crippen LogP contribution in [0.15, 0.2) is 24.3 Å². The highest BCUT2D eigenvalue weighted by molar-refractivity contribution is 7.92. The number of nitrogens with one attached hydrogen (secondary N) is 2. The van der Waals surface area contributed by atoms with Gasteiger partial charge in [0.25, 0.3) is 5.91 Å². The zero-order valence-electron chi connectivity index (χ0n) is 22.9. The van der Waals surface area contributed by atoms with Crippen molar-refractivity contribution in [3.8, 4) is 0 Å². The van der Waals surface area contributed by atoms with Gasteiger partial charge in [-0.05, 0) is 89.0 Å². The maximum Gasteiger partial charge on any atom is 0.258 e. The van der Waals surface area contributed by atoms with E-state index in [0.29, 0.717) is 39.8 Å². The summed E-state index contributed by atoms with van der Waals surface area (Å²) in [4.78, 5) is 18.3. The Morgan fingerprint density at radius 1 is 1.10 bits per heavy atom. The molecule has 0 bridgehead atoms. The molecule has 4 aliphatic rings. The summed E-state index contributed by atoms with van der Waals surface area (Å²) in [6, 6.07) is 7.30. The minimum Gasteiger partial charge on any atom is -0.395 e. The summed E-state index contributed by atoms with van der Waals surface area (Å²) in [7, 11) is -1.46. The number of piperidine rings is 2. The molecule has 1 unspecified atom stereocenters. The summed E-state index contributed by atoms with van der Waals surface area (Å²) in [5.41, 5.74) is 3.43. The van der Waals surface area contributed by atoms with Crippen LogP contribution in [0.1, 0.15) is 73.5 Å². The van der Waals surface area contributed by atoms with Crippen LogP contribution >= 0.6 is 0 Å². The topological polar surface area (TPSA) is 120 Å². The van der Waals surface area contributed by atoms with Gasteiger partial charge in [0.05, 0.1) is 35.3 Å². The number of hydrogen-bond donors (Lipinski definition) is 3. The normalized spacial score (nSPS) is 23.7. The average Bonchev–Trinajstić information content (AvgIpc) is 3.81. The van der Waals surface area contributed by atoms with Gasteiger partial charge in [-0.1, -0.05) is 0 Å². The molecule has 1 amide bonds. The predicted octanol–water partition coefficient (Wildman–Crippen LogP) is 3.36. The second-order valence-electron chi connectivity index (χ2n) is 12.2. The Kier molecular flexibility index (Phi) is 6.67. The highest BCUT2D eigenvalue weighted by atomic mass is 32.2. The van der Waals surface area contributed by atoms with E-state index in [0.717, 1.165) is 51.0 Å². The lowest BCUT2D eigenvalue weighted by atomic mass is 9.93. The van der Waals surface area contributed by atoms with Crippen LogP contribution in [-0.2, 0) is 10.0 Å². The van der Waals surface area contributed by atoms with Gasteiger partial charge in [-0.3, -0.25) is 14.2 Å². The molecule has 10 nitrogen and oxygen atoms in total. The number of carbonyl (C=O) groups excluding carboxylic acids is 1. The van der Waals surface area contributed by atoms with Crippen LogP contribution in [-0.4, -0.2) is 78.7 Å². The Hall–Kier alpha value is -2.63. The number of anilines is 3. The quantitative estimate of drug-likeness (QED) is 0.456. The molecule has 2 aromatic rings. The molecule has 1 aromatic heterocycles. The van der Waals surface area contributed by atoms with E-state index in [-0.39, 0.29) is 11.7 Å². The molecule has 6 rings (SSSR count). The summed E-state index contributed by atoms with van der Waals surface area (Å²) < 4.78 is 29.2. The molecule has 2 spiro atoms. The average molecular weight is 557 g/mol. The van der Waals surface area contributed by atoms with Crippen molar-refractivity contribution < 1.29 is 18.3 Å². The van der Waals surface area contributed by atoms with Crippen LogP contribution in [0, 0.1) is 12.3 Å². The largest absolute Gasteiger partial charge is 0.395 e. The molecule has 3 heterocycles. The molecule has 39 heavy (non-hydrogen) atoms. The first kappa shape index (κ1) is 26.6. The molecule has 0 radical (unpaired) electrons. The van der Waals surface area contributed by atoms with Gasteiger partial charge < -0.3 is 20.2 Å². The molecular formula is C28H40N6O4S. The van der Waals surface area contributed by atoms with Gasteiger partial charge in [0.2, 0.25) is 10.0 Å². The third-order valence-electron chi connectivity index (χ3n) is 9.56. The van der Waals surface area contributed by atoms with Crippen LogP contribution < -0.4 is 14.9 Å². The molecular weight excluding hydrogens is 516 g/mol. The van der Waals surface area contributed by atoms with Gasteiger partial charge in [0, 0.05) is 36.9 Å². The van der Waals surface area contributed by atoms with Crippen LogP contribution in [0.3, 0.4) is 0 Å². The fraction of sp³-hybridized carbons (Fsp3) is 0.643. The predicted molar refractivity (Wildman–Crippen MR) is 152 cm³/mol. The number of aryl methyl sites for hydroxylation is 1.